The van der Waals surface area contributed by atoms with Gasteiger partial charge in [0.2, 0.25) is 0 Å². The summed E-state index contributed by atoms with van der Waals surface area (Å²) >= 11 is 0. The van der Waals surface area contributed by atoms with Gasteiger partial charge < -0.3 is 9.84 Å². The SMILES string of the molecule is C[C@@H](O)c1ccccc1OCc1ccc(C#N)cc1. The molecule has 0 saturated carbocycles. The molecule has 0 amide bonds. The number of aliphatic hydroxyl groups is 1. The molecule has 3 heteroatoms. The number of rotatable bonds is 4. The van der Waals surface area contributed by atoms with Crippen molar-refractivity contribution in [2.24, 2.45) is 0 Å². The summed E-state index contributed by atoms with van der Waals surface area (Å²) in [6, 6.07) is 16.8. The highest BCUT2D eigenvalue weighted by Crippen LogP contribution is 2.25. The van der Waals surface area contributed by atoms with Gasteiger partial charge >= 0.3 is 0 Å². The van der Waals surface area contributed by atoms with Gasteiger partial charge in [-0.3, -0.25) is 0 Å². The van der Waals surface area contributed by atoms with E-state index in [0.717, 1.165) is 11.1 Å². The molecular formula is C16H15NO2. The lowest BCUT2D eigenvalue weighted by Crippen LogP contribution is -2.00. The number of hydrogen-bond donors (Lipinski definition) is 1. The lowest BCUT2D eigenvalue weighted by molar-refractivity contribution is 0.190. The van der Waals surface area contributed by atoms with Gasteiger partial charge in [0.1, 0.15) is 12.4 Å². The molecule has 1 N–H and O–H groups in total. The summed E-state index contributed by atoms with van der Waals surface area (Å²) in [4.78, 5) is 0. The van der Waals surface area contributed by atoms with Crippen LogP contribution in [0.15, 0.2) is 48.5 Å². The molecule has 0 heterocycles. The Morgan fingerprint density at radius 3 is 2.47 bits per heavy atom. The monoisotopic (exact) mass is 253 g/mol. The van der Waals surface area contributed by atoms with Crippen molar-refractivity contribution >= 4 is 0 Å². The number of ether oxygens (including phenoxy) is 1. The van der Waals surface area contributed by atoms with Crippen LogP contribution in [0.4, 0.5) is 0 Å². The number of nitriles is 1. The van der Waals surface area contributed by atoms with E-state index in [9.17, 15) is 5.11 Å². The fourth-order valence-electron chi connectivity index (χ4n) is 1.79. The molecule has 2 rings (SSSR count). The normalized spacial score (nSPS) is 11.6. The Morgan fingerprint density at radius 1 is 1.16 bits per heavy atom. The molecule has 0 fully saturated rings. The van der Waals surface area contributed by atoms with Crippen molar-refractivity contribution in [3.63, 3.8) is 0 Å². The van der Waals surface area contributed by atoms with Crippen molar-refractivity contribution in [3.8, 4) is 11.8 Å². The summed E-state index contributed by atoms with van der Waals surface area (Å²) in [7, 11) is 0. The maximum atomic E-state index is 9.65. The molecule has 19 heavy (non-hydrogen) atoms. The highest BCUT2D eigenvalue weighted by molar-refractivity contribution is 5.35. The molecule has 0 unspecified atom stereocenters. The zero-order chi connectivity index (χ0) is 13.7. The van der Waals surface area contributed by atoms with E-state index >= 15 is 0 Å². The van der Waals surface area contributed by atoms with Crippen LogP contribution in [0.3, 0.4) is 0 Å². The second-order valence-electron chi connectivity index (χ2n) is 4.31. The van der Waals surface area contributed by atoms with Crippen molar-refractivity contribution in [3.05, 3.63) is 65.2 Å². The Morgan fingerprint density at radius 2 is 1.84 bits per heavy atom. The Hall–Kier alpha value is -2.31. The number of nitrogens with zero attached hydrogens (tertiary/aromatic N) is 1. The van der Waals surface area contributed by atoms with Crippen molar-refractivity contribution in [1.29, 1.82) is 5.26 Å². The van der Waals surface area contributed by atoms with E-state index in [0.29, 0.717) is 17.9 Å². The van der Waals surface area contributed by atoms with Crippen molar-refractivity contribution in [2.75, 3.05) is 0 Å². The van der Waals surface area contributed by atoms with Crippen molar-refractivity contribution in [1.82, 2.24) is 0 Å². The smallest absolute Gasteiger partial charge is 0.125 e. The Balaban J connectivity index is 2.08. The number of aliphatic hydroxyl groups excluding tert-OH is 1. The minimum atomic E-state index is -0.558. The summed E-state index contributed by atoms with van der Waals surface area (Å²) < 4.78 is 5.72. The van der Waals surface area contributed by atoms with Gasteiger partial charge in [-0.1, -0.05) is 30.3 Å². The third-order valence-electron chi connectivity index (χ3n) is 2.85. The molecule has 0 radical (unpaired) electrons. The van der Waals surface area contributed by atoms with Crippen LogP contribution in [-0.4, -0.2) is 5.11 Å². The quantitative estimate of drug-likeness (QED) is 0.910. The summed E-state index contributed by atoms with van der Waals surface area (Å²) in [5, 5.41) is 18.4. The summed E-state index contributed by atoms with van der Waals surface area (Å²) in [5.74, 6) is 0.682. The fourth-order valence-corrected chi connectivity index (χ4v) is 1.79. The minimum absolute atomic E-state index is 0.412. The van der Waals surface area contributed by atoms with Crippen LogP contribution in [-0.2, 0) is 6.61 Å². The van der Waals surface area contributed by atoms with E-state index in [-0.39, 0.29) is 0 Å². The first kappa shape index (κ1) is 13.1. The molecule has 1 atom stereocenters. The van der Waals surface area contributed by atoms with Gasteiger partial charge in [-0.25, -0.2) is 0 Å². The molecule has 0 aliphatic heterocycles. The van der Waals surface area contributed by atoms with E-state index < -0.39 is 6.10 Å². The average Bonchev–Trinajstić information content (AvgIpc) is 2.46. The van der Waals surface area contributed by atoms with Crippen LogP contribution in [0.1, 0.15) is 29.7 Å². The minimum Gasteiger partial charge on any atom is -0.489 e. The first-order chi connectivity index (χ1) is 9.20. The topological polar surface area (TPSA) is 53.2 Å². The molecule has 2 aromatic carbocycles. The lowest BCUT2D eigenvalue weighted by Gasteiger charge is -2.13. The van der Waals surface area contributed by atoms with E-state index in [1.54, 1.807) is 19.1 Å². The summed E-state index contributed by atoms with van der Waals surface area (Å²) in [5.41, 5.74) is 2.39. The summed E-state index contributed by atoms with van der Waals surface area (Å²) in [6.07, 6.45) is -0.558. The maximum absolute atomic E-state index is 9.65. The highest BCUT2D eigenvalue weighted by atomic mass is 16.5. The van der Waals surface area contributed by atoms with Gasteiger partial charge in [-0.15, -0.1) is 0 Å². The Bertz CT molecular complexity index is 582. The van der Waals surface area contributed by atoms with E-state index in [2.05, 4.69) is 6.07 Å². The largest absolute Gasteiger partial charge is 0.489 e. The van der Waals surface area contributed by atoms with Crippen LogP contribution in [0.5, 0.6) is 5.75 Å². The zero-order valence-electron chi connectivity index (χ0n) is 10.7. The Kier molecular flexibility index (Phi) is 4.17. The lowest BCUT2D eigenvalue weighted by atomic mass is 10.1. The molecule has 0 saturated heterocycles. The van der Waals surface area contributed by atoms with Crippen molar-refractivity contribution < 1.29 is 9.84 Å². The van der Waals surface area contributed by atoms with Crippen molar-refractivity contribution in [2.45, 2.75) is 19.6 Å². The van der Waals surface area contributed by atoms with E-state index in [1.807, 2.05) is 36.4 Å². The van der Waals surface area contributed by atoms with Crippen LogP contribution in [0.2, 0.25) is 0 Å². The molecule has 0 aliphatic rings. The molecular weight excluding hydrogens is 238 g/mol. The van der Waals surface area contributed by atoms with E-state index in [1.165, 1.54) is 0 Å². The third kappa shape index (κ3) is 3.34. The van der Waals surface area contributed by atoms with Crippen LogP contribution in [0.25, 0.3) is 0 Å². The molecule has 96 valence electrons. The molecule has 0 spiro atoms. The maximum Gasteiger partial charge on any atom is 0.125 e. The van der Waals surface area contributed by atoms with Gasteiger partial charge in [0, 0.05) is 5.56 Å². The highest BCUT2D eigenvalue weighted by Gasteiger charge is 2.08. The first-order valence-corrected chi connectivity index (χ1v) is 6.09. The van der Waals surface area contributed by atoms with Gasteiger partial charge in [-0.2, -0.15) is 5.26 Å². The molecule has 0 bridgehead atoms. The van der Waals surface area contributed by atoms with Gasteiger partial charge in [-0.05, 0) is 30.7 Å². The van der Waals surface area contributed by atoms with Gasteiger partial charge in [0.25, 0.3) is 0 Å². The van der Waals surface area contributed by atoms with Gasteiger partial charge in [0.05, 0.1) is 17.7 Å². The van der Waals surface area contributed by atoms with Crippen LogP contribution < -0.4 is 4.74 Å². The third-order valence-corrected chi connectivity index (χ3v) is 2.85. The molecule has 0 aromatic heterocycles. The summed E-state index contributed by atoms with van der Waals surface area (Å²) in [6.45, 7) is 2.12. The molecule has 3 nitrogen and oxygen atoms in total. The predicted molar refractivity (Wildman–Crippen MR) is 72.6 cm³/mol. The van der Waals surface area contributed by atoms with Crippen LogP contribution >= 0.6 is 0 Å². The standard InChI is InChI=1S/C16H15NO2/c1-12(18)15-4-2-3-5-16(15)19-11-14-8-6-13(10-17)7-9-14/h2-9,12,18H,11H2,1H3/t12-/m1/s1. The second-order valence-corrected chi connectivity index (χ2v) is 4.31. The van der Waals surface area contributed by atoms with Gasteiger partial charge in [0.15, 0.2) is 0 Å². The number of benzene rings is 2. The second kappa shape index (κ2) is 6.03. The zero-order valence-corrected chi connectivity index (χ0v) is 10.7. The Labute approximate surface area is 112 Å². The number of para-hydroxylation sites is 1. The number of hydrogen-bond acceptors (Lipinski definition) is 3. The fraction of sp³-hybridized carbons (Fsp3) is 0.188. The average molecular weight is 253 g/mol. The molecule has 2 aromatic rings. The van der Waals surface area contributed by atoms with E-state index in [4.69, 9.17) is 10.00 Å². The predicted octanol–water partition coefficient (Wildman–Crippen LogP) is 3.19. The first-order valence-electron chi connectivity index (χ1n) is 6.09. The molecule has 0 aliphatic carbocycles. The van der Waals surface area contributed by atoms with Crippen LogP contribution in [0, 0.1) is 11.3 Å².